The Hall–Kier alpha value is -1.99. The van der Waals surface area contributed by atoms with Crippen LogP contribution in [0.4, 0.5) is 19.5 Å². The van der Waals surface area contributed by atoms with Crippen molar-refractivity contribution in [3.05, 3.63) is 46.8 Å². The first kappa shape index (κ1) is 14.9. The lowest BCUT2D eigenvalue weighted by Gasteiger charge is -2.27. The molecule has 0 amide bonds. The van der Waals surface area contributed by atoms with Crippen molar-refractivity contribution in [1.82, 2.24) is 0 Å². The summed E-state index contributed by atoms with van der Waals surface area (Å²) in [6.07, 6.45) is 1.62. The van der Waals surface area contributed by atoms with Crippen LogP contribution in [0.15, 0.2) is 35.4 Å². The Morgan fingerprint density at radius 3 is 2.77 bits per heavy atom. The summed E-state index contributed by atoms with van der Waals surface area (Å²) in [5.74, 6) is -1.28. The third-order valence-electron chi connectivity index (χ3n) is 3.24. The van der Waals surface area contributed by atoms with Gasteiger partial charge >= 0.3 is 0 Å². The van der Waals surface area contributed by atoms with Gasteiger partial charge in [-0.2, -0.15) is 5.10 Å². The topological polar surface area (TPSA) is 36.9 Å². The maximum Gasteiger partial charge on any atom is 0.151 e. The molecule has 0 aliphatic carbocycles. The van der Waals surface area contributed by atoms with E-state index in [-0.39, 0.29) is 5.69 Å². The smallest absolute Gasteiger partial charge is 0.151 e. The van der Waals surface area contributed by atoms with Crippen molar-refractivity contribution in [2.45, 2.75) is 0 Å². The molecule has 1 aliphatic rings. The number of rotatable bonds is 4. The minimum absolute atomic E-state index is 0.141. The minimum Gasteiger partial charge on any atom is -0.378 e. The fourth-order valence-corrected chi connectivity index (χ4v) is 3.04. The fourth-order valence-electron chi connectivity index (χ4n) is 2.11. The zero-order chi connectivity index (χ0) is 15.4. The zero-order valence-corrected chi connectivity index (χ0v) is 12.6. The van der Waals surface area contributed by atoms with Crippen molar-refractivity contribution >= 4 is 28.2 Å². The molecule has 1 aromatic carbocycles. The standard InChI is InChI=1S/C15H15F2N3OS/c16-11-1-3-14(13(17)9-11)19-18-10-12-2-4-15(22-12)20-5-7-21-8-6-20/h1-4,9-10,19H,5-8H2/b18-10+. The van der Waals surface area contributed by atoms with E-state index >= 15 is 0 Å². The number of nitrogens with one attached hydrogen (secondary N) is 1. The van der Waals surface area contributed by atoms with E-state index in [4.69, 9.17) is 4.74 Å². The highest BCUT2D eigenvalue weighted by Gasteiger charge is 2.12. The third-order valence-corrected chi connectivity index (χ3v) is 4.32. The summed E-state index contributed by atoms with van der Waals surface area (Å²) in [7, 11) is 0. The molecule has 2 aromatic rings. The van der Waals surface area contributed by atoms with Crippen LogP contribution in [0.5, 0.6) is 0 Å². The number of hydrogen-bond donors (Lipinski definition) is 1. The molecule has 0 radical (unpaired) electrons. The van der Waals surface area contributed by atoms with E-state index in [0.29, 0.717) is 0 Å². The molecule has 0 spiro atoms. The normalized spacial score (nSPS) is 15.5. The largest absolute Gasteiger partial charge is 0.378 e. The molecule has 0 bridgehead atoms. The molecule has 0 unspecified atom stereocenters. The molecule has 22 heavy (non-hydrogen) atoms. The fraction of sp³-hybridized carbons (Fsp3) is 0.267. The second-order valence-corrected chi connectivity index (χ2v) is 5.86. The molecule has 1 N–H and O–H groups in total. The van der Waals surface area contributed by atoms with Crippen molar-refractivity contribution in [2.75, 3.05) is 36.6 Å². The summed E-state index contributed by atoms with van der Waals surface area (Å²) in [6.45, 7) is 3.26. The summed E-state index contributed by atoms with van der Waals surface area (Å²) in [5, 5.41) is 5.16. The molecular weight excluding hydrogens is 308 g/mol. The van der Waals surface area contributed by atoms with Gasteiger partial charge in [-0.1, -0.05) is 0 Å². The van der Waals surface area contributed by atoms with Gasteiger partial charge in [0.15, 0.2) is 5.82 Å². The summed E-state index contributed by atoms with van der Waals surface area (Å²) in [5.41, 5.74) is 2.72. The molecule has 4 nitrogen and oxygen atoms in total. The van der Waals surface area contributed by atoms with Gasteiger partial charge in [0.05, 0.1) is 30.1 Å². The molecule has 3 rings (SSSR count). The van der Waals surface area contributed by atoms with Gasteiger partial charge < -0.3 is 9.64 Å². The molecule has 1 aliphatic heterocycles. The first-order valence-electron chi connectivity index (χ1n) is 6.89. The van der Waals surface area contributed by atoms with Gasteiger partial charge in [-0.25, -0.2) is 8.78 Å². The Balaban J connectivity index is 1.62. The number of benzene rings is 1. The Labute approximate surface area is 131 Å². The summed E-state index contributed by atoms with van der Waals surface area (Å²) >= 11 is 1.61. The van der Waals surface area contributed by atoms with Crippen LogP contribution in [-0.2, 0) is 4.74 Å². The van der Waals surface area contributed by atoms with Crippen LogP contribution in [0.2, 0.25) is 0 Å². The van der Waals surface area contributed by atoms with Crippen LogP contribution >= 0.6 is 11.3 Å². The van der Waals surface area contributed by atoms with Gasteiger partial charge in [-0.3, -0.25) is 5.43 Å². The zero-order valence-electron chi connectivity index (χ0n) is 11.8. The summed E-state index contributed by atoms with van der Waals surface area (Å²) < 4.78 is 31.6. The number of hydrogen-bond acceptors (Lipinski definition) is 5. The SMILES string of the molecule is Fc1ccc(N/N=C/c2ccc(N3CCOCC3)s2)c(F)c1. The number of halogens is 2. The monoisotopic (exact) mass is 323 g/mol. The van der Waals surface area contributed by atoms with Gasteiger partial charge in [0.2, 0.25) is 0 Å². The molecule has 0 atom stereocenters. The predicted octanol–water partition coefficient (Wildman–Crippen LogP) is 3.31. The molecule has 0 saturated carbocycles. The van der Waals surface area contributed by atoms with Gasteiger partial charge in [0, 0.05) is 24.0 Å². The number of thiophene rings is 1. The van der Waals surface area contributed by atoms with Crippen LogP contribution in [-0.4, -0.2) is 32.5 Å². The Morgan fingerprint density at radius 1 is 1.18 bits per heavy atom. The first-order chi connectivity index (χ1) is 10.7. The highest BCUT2D eigenvalue weighted by atomic mass is 32.1. The van der Waals surface area contributed by atoms with E-state index in [9.17, 15) is 8.78 Å². The van der Waals surface area contributed by atoms with E-state index < -0.39 is 11.6 Å². The second-order valence-electron chi connectivity index (χ2n) is 4.77. The van der Waals surface area contributed by atoms with Crippen molar-refractivity contribution in [3.63, 3.8) is 0 Å². The highest BCUT2D eigenvalue weighted by Crippen LogP contribution is 2.25. The van der Waals surface area contributed by atoms with E-state index in [1.165, 1.54) is 12.1 Å². The van der Waals surface area contributed by atoms with Crippen molar-refractivity contribution in [3.8, 4) is 0 Å². The molecule has 1 fully saturated rings. The van der Waals surface area contributed by atoms with Crippen molar-refractivity contribution in [2.24, 2.45) is 5.10 Å². The first-order valence-corrected chi connectivity index (χ1v) is 7.71. The Morgan fingerprint density at radius 2 is 2.00 bits per heavy atom. The number of anilines is 2. The number of hydrazone groups is 1. The van der Waals surface area contributed by atoms with Gasteiger partial charge in [0.1, 0.15) is 5.82 Å². The molecular formula is C15H15F2N3OS. The predicted molar refractivity (Wildman–Crippen MR) is 84.9 cm³/mol. The quantitative estimate of drug-likeness (QED) is 0.693. The van der Waals surface area contributed by atoms with E-state index in [0.717, 1.165) is 42.2 Å². The van der Waals surface area contributed by atoms with Crippen molar-refractivity contribution < 1.29 is 13.5 Å². The van der Waals surface area contributed by atoms with Gasteiger partial charge in [-0.15, -0.1) is 11.3 Å². The maximum absolute atomic E-state index is 13.4. The van der Waals surface area contributed by atoms with E-state index in [1.54, 1.807) is 17.6 Å². The maximum atomic E-state index is 13.4. The van der Waals surface area contributed by atoms with Crippen LogP contribution in [0.1, 0.15) is 4.88 Å². The van der Waals surface area contributed by atoms with Crippen LogP contribution in [0.25, 0.3) is 0 Å². The Bertz CT molecular complexity index is 669. The lowest BCUT2D eigenvalue weighted by Crippen LogP contribution is -2.35. The Kier molecular flexibility index (Phi) is 4.65. The average Bonchev–Trinajstić information content (AvgIpc) is 2.99. The van der Waals surface area contributed by atoms with Crippen molar-refractivity contribution in [1.29, 1.82) is 0 Å². The number of ether oxygens (including phenoxy) is 1. The van der Waals surface area contributed by atoms with Crippen LogP contribution < -0.4 is 10.3 Å². The molecule has 116 valence electrons. The lowest BCUT2D eigenvalue weighted by atomic mass is 10.3. The molecule has 1 saturated heterocycles. The number of nitrogens with zero attached hydrogens (tertiary/aromatic N) is 2. The highest BCUT2D eigenvalue weighted by molar-refractivity contribution is 7.17. The number of morpholine rings is 1. The minimum atomic E-state index is -0.669. The van der Waals surface area contributed by atoms with E-state index in [1.807, 2.05) is 12.1 Å². The second kappa shape index (κ2) is 6.85. The van der Waals surface area contributed by atoms with Crippen LogP contribution in [0, 0.1) is 11.6 Å². The van der Waals surface area contributed by atoms with Gasteiger partial charge in [0.25, 0.3) is 0 Å². The summed E-state index contributed by atoms with van der Waals surface area (Å²) in [4.78, 5) is 3.22. The molecule has 2 heterocycles. The molecule has 1 aromatic heterocycles. The molecule has 7 heteroatoms. The summed E-state index contributed by atoms with van der Waals surface area (Å²) in [6, 6.07) is 7.31. The van der Waals surface area contributed by atoms with Gasteiger partial charge in [-0.05, 0) is 24.3 Å². The van der Waals surface area contributed by atoms with Crippen LogP contribution in [0.3, 0.4) is 0 Å². The third kappa shape index (κ3) is 3.61. The average molecular weight is 323 g/mol. The lowest BCUT2D eigenvalue weighted by molar-refractivity contribution is 0.123. The van der Waals surface area contributed by atoms with E-state index in [2.05, 4.69) is 15.4 Å².